The van der Waals surface area contributed by atoms with Crippen LogP contribution in [0.1, 0.15) is 11.5 Å². The Morgan fingerprint density at radius 2 is 1.97 bits per heavy atom. The molecular weight excluding hydrogens is 430 g/mol. The van der Waals surface area contributed by atoms with Gasteiger partial charge in [0, 0.05) is 26.7 Å². The summed E-state index contributed by atoms with van der Waals surface area (Å²) in [6, 6.07) is 6.49. The first-order valence-corrected chi connectivity index (χ1v) is 11.2. The van der Waals surface area contributed by atoms with Gasteiger partial charge in [0.05, 0.1) is 9.80 Å². The van der Waals surface area contributed by atoms with Crippen LogP contribution in [-0.4, -0.2) is 49.2 Å². The molecule has 0 radical (unpaired) electrons. The first-order valence-electron chi connectivity index (χ1n) is 8.51. The normalized spacial score (nSPS) is 16.0. The number of aryl methyl sites for hydroxylation is 1. The fraction of sp³-hybridized carbons (Fsp3) is 0.211. The van der Waals surface area contributed by atoms with Crippen molar-refractivity contribution in [3.05, 3.63) is 53.3 Å². The Morgan fingerprint density at radius 1 is 1.31 bits per heavy atom. The summed E-state index contributed by atoms with van der Waals surface area (Å²) in [7, 11) is -0.595. The van der Waals surface area contributed by atoms with Crippen LogP contribution in [0.15, 0.2) is 56.2 Å². The van der Waals surface area contributed by atoms with E-state index in [9.17, 15) is 13.2 Å². The third-order valence-electron chi connectivity index (χ3n) is 4.03. The number of anilines is 1. The van der Waals surface area contributed by atoms with Gasteiger partial charge in [0.2, 0.25) is 26.6 Å². The van der Waals surface area contributed by atoms with Gasteiger partial charge in [-0.15, -0.1) is 6.58 Å². The number of carbonyl (C=O) groups excluding carboxylic acids is 1. The number of carbonyl (C=O) groups is 1. The van der Waals surface area contributed by atoms with E-state index in [1.807, 2.05) is 6.92 Å². The first kappa shape index (κ1) is 21.3. The molecule has 29 heavy (non-hydrogen) atoms. The van der Waals surface area contributed by atoms with E-state index >= 15 is 0 Å². The molecule has 10 heteroatoms. The molecule has 152 valence electrons. The fourth-order valence-corrected chi connectivity index (χ4v) is 5.18. The summed E-state index contributed by atoms with van der Waals surface area (Å²) in [6.45, 7) is 5.78. The Balaban J connectivity index is 2.04. The molecule has 3 rings (SSSR count). The van der Waals surface area contributed by atoms with Crippen molar-refractivity contribution >= 4 is 56.0 Å². The highest BCUT2D eigenvalue weighted by molar-refractivity contribution is 8.26. The molecule has 1 aliphatic rings. The molecule has 0 bridgehead atoms. The zero-order valence-corrected chi connectivity index (χ0v) is 18.5. The maximum Gasteiger partial charge on any atom is 0.266 e. The molecule has 7 nitrogen and oxygen atoms in total. The minimum absolute atomic E-state index is 0.0125. The highest BCUT2D eigenvalue weighted by Crippen LogP contribution is 2.35. The summed E-state index contributed by atoms with van der Waals surface area (Å²) in [5.74, 6) is -0.204. The minimum Gasteiger partial charge on any atom is -0.420 e. The number of sulfone groups is 1. The van der Waals surface area contributed by atoms with Crippen molar-refractivity contribution in [2.75, 3.05) is 25.5 Å². The fourth-order valence-electron chi connectivity index (χ4n) is 2.56. The average molecular weight is 450 g/mol. The van der Waals surface area contributed by atoms with Crippen LogP contribution in [0.3, 0.4) is 0 Å². The average Bonchev–Trinajstić information content (AvgIpc) is 3.20. The maximum atomic E-state index is 13.1. The van der Waals surface area contributed by atoms with Crippen LogP contribution < -0.4 is 4.90 Å². The number of oxazole rings is 1. The number of rotatable bonds is 6. The van der Waals surface area contributed by atoms with Crippen LogP contribution in [0.5, 0.6) is 0 Å². The van der Waals surface area contributed by atoms with E-state index in [1.54, 1.807) is 32.3 Å². The largest absolute Gasteiger partial charge is 0.420 e. The van der Waals surface area contributed by atoms with Gasteiger partial charge in [0.1, 0.15) is 4.32 Å². The van der Waals surface area contributed by atoms with Gasteiger partial charge in [0.15, 0.2) is 0 Å². The maximum absolute atomic E-state index is 13.1. The van der Waals surface area contributed by atoms with Crippen molar-refractivity contribution in [3.63, 3.8) is 0 Å². The summed E-state index contributed by atoms with van der Waals surface area (Å²) in [5, 5.41) is -0.209. The number of thiocarbonyl (C=S) groups is 1. The lowest BCUT2D eigenvalue weighted by molar-refractivity contribution is -0.121. The molecule has 0 aliphatic carbocycles. The smallest absolute Gasteiger partial charge is 0.266 e. The lowest BCUT2D eigenvalue weighted by Gasteiger charge is -2.10. The van der Waals surface area contributed by atoms with Crippen LogP contribution in [0.25, 0.3) is 6.08 Å². The molecule has 0 atom stereocenters. The molecule has 1 amide bonds. The highest BCUT2D eigenvalue weighted by Gasteiger charge is 2.33. The van der Waals surface area contributed by atoms with Gasteiger partial charge in [-0.05, 0) is 19.1 Å². The third kappa shape index (κ3) is 4.14. The van der Waals surface area contributed by atoms with Gasteiger partial charge in [-0.3, -0.25) is 9.69 Å². The van der Waals surface area contributed by atoms with Crippen molar-refractivity contribution < 1.29 is 17.6 Å². The van der Waals surface area contributed by atoms with Crippen molar-refractivity contribution in [2.45, 2.75) is 16.8 Å². The van der Waals surface area contributed by atoms with Crippen LogP contribution in [-0.2, 0) is 14.6 Å². The van der Waals surface area contributed by atoms with E-state index in [0.29, 0.717) is 15.8 Å². The molecule has 1 aromatic heterocycles. The number of thioether (sulfide) groups is 1. The predicted molar refractivity (Wildman–Crippen MR) is 118 cm³/mol. The molecule has 0 saturated carbocycles. The zero-order valence-electron chi connectivity index (χ0n) is 16.1. The Labute approximate surface area is 179 Å². The summed E-state index contributed by atoms with van der Waals surface area (Å²) in [6.07, 6.45) is 2.98. The Hall–Kier alpha value is -2.43. The number of nitrogens with zero attached hydrogens (tertiary/aromatic N) is 3. The number of hydrogen-bond acceptors (Lipinski definition) is 8. The van der Waals surface area contributed by atoms with Gasteiger partial charge in [0.25, 0.3) is 5.91 Å². The first-order chi connectivity index (χ1) is 13.6. The van der Waals surface area contributed by atoms with Crippen molar-refractivity contribution in [1.29, 1.82) is 0 Å². The van der Waals surface area contributed by atoms with Gasteiger partial charge in [-0.25, -0.2) is 8.42 Å². The molecule has 1 saturated heterocycles. The van der Waals surface area contributed by atoms with E-state index < -0.39 is 9.84 Å². The van der Waals surface area contributed by atoms with Crippen molar-refractivity contribution in [1.82, 2.24) is 9.88 Å². The van der Waals surface area contributed by atoms with E-state index in [4.69, 9.17) is 16.6 Å². The number of amides is 1. The Bertz CT molecular complexity index is 1120. The van der Waals surface area contributed by atoms with Gasteiger partial charge in [-0.2, -0.15) is 4.98 Å². The van der Waals surface area contributed by atoms with Gasteiger partial charge in [-0.1, -0.05) is 47.8 Å². The molecule has 0 unspecified atom stereocenters. The molecular formula is C19H19N3O4S3. The van der Waals surface area contributed by atoms with Crippen molar-refractivity contribution in [3.8, 4) is 0 Å². The van der Waals surface area contributed by atoms with Crippen molar-refractivity contribution in [2.24, 2.45) is 0 Å². The number of aromatic nitrogens is 1. The quantitative estimate of drug-likeness (QED) is 0.377. The van der Waals surface area contributed by atoms with Crippen LogP contribution in [0.4, 0.5) is 5.88 Å². The van der Waals surface area contributed by atoms with E-state index in [1.165, 1.54) is 28.0 Å². The second kappa shape index (κ2) is 8.13. The molecule has 0 spiro atoms. The molecule has 2 heterocycles. The lowest BCUT2D eigenvalue weighted by Crippen LogP contribution is -2.27. The lowest BCUT2D eigenvalue weighted by atomic mass is 10.2. The monoisotopic (exact) mass is 449 g/mol. The van der Waals surface area contributed by atoms with Crippen LogP contribution in [0.2, 0.25) is 0 Å². The molecule has 1 fully saturated rings. The predicted octanol–water partition coefficient (Wildman–Crippen LogP) is 3.27. The minimum atomic E-state index is -3.90. The third-order valence-corrected chi connectivity index (χ3v) is 7.07. The second-order valence-electron chi connectivity index (χ2n) is 6.45. The summed E-state index contributed by atoms with van der Waals surface area (Å²) in [5.41, 5.74) is 0.944. The van der Waals surface area contributed by atoms with Crippen LogP contribution in [0, 0.1) is 6.92 Å². The standard InChI is InChI=1S/C19H19N3O4S3/c1-5-10-22-17(23)14(28-19(22)27)11-15-20-16(18(26-15)21(3)4)29(24,25)13-8-6-12(2)7-9-13/h5-9,11H,1,10H2,2-4H3. The second-order valence-corrected chi connectivity index (χ2v) is 10.00. The van der Waals surface area contributed by atoms with E-state index in [0.717, 1.165) is 17.3 Å². The van der Waals surface area contributed by atoms with Gasteiger partial charge >= 0.3 is 0 Å². The highest BCUT2D eigenvalue weighted by atomic mass is 32.2. The van der Waals surface area contributed by atoms with E-state index in [-0.39, 0.29) is 27.6 Å². The number of hydrogen-bond donors (Lipinski definition) is 0. The zero-order chi connectivity index (χ0) is 21.3. The summed E-state index contributed by atoms with van der Waals surface area (Å²) >= 11 is 6.31. The molecule has 2 aromatic rings. The SMILES string of the molecule is C=CCN1C(=O)C(=Cc2nc(S(=O)(=O)c3ccc(C)cc3)c(N(C)C)o2)SC1=S. The summed E-state index contributed by atoms with van der Waals surface area (Å²) in [4.78, 5) is 20.0. The topological polar surface area (TPSA) is 83.7 Å². The molecule has 1 aliphatic heterocycles. The van der Waals surface area contributed by atoms with Crippen LogP contribution >= 0.6 is 24.0 Å². The number of benzene rings is 1. The Morgan fingerprint density at radius 3 is 2.55 bits per heavy atom. The Kier molecular flexibility index (Phi) is 5.97. The molecule has 0 N–H and O–H groups in total. The van der Waals surface area contributed by atoms with E-state index in [2.05, 4.69) is 11.6 Å². The molecule has 1 aromatic carbocycles. The summed E-state index contributed by atoms with van der Waals surface area (Å²) < 4.78 is 32.2. The van der Waals surface area contributed by atoms with Gasteiger partial charge < -0.3 is 9.32 Å².